The molecule has 5 heteroatoms. The maximum Gasteiger partial charge on any atom is 0.382 e. The molecule has 0 radical (unpaired) electrons. The van der Waals surface area contributed by atoms with E-state index in [9.17, 15) is 9.32 Å². The summed E-state index contributed by atoms with van der Waals surface area (Å²) >= 11 is 0. The van der Waals surface area contributed by atoms with Crippen molar-refractivity contribution in [3.63, 3.8) is 0 Å². The van der Waals surface area contributed by atoms with Gasteiger partial charge in [-0.1, -0.05) is 0 Å². The Bertz CT molecular complexity index is 246. The van der Waals surface area contributed by atoms with Crippen LogP contribution in [0.3, 0.4) is 0 Å². The Morgan fingerprint density at radius 1 is 1.90 bits per heavy atom. The lowest BCUT2D eigenvalue weighted by Crippen LogP contribution is -1.98. The summed E-state index contributed by atoms with van der Waals surface area (Å²) < 4.78 is 11.2. The number of carbonyl (C=O) groups is 1. The molecule has 1 heterocycles. The van der Waals surface area contributed by atoms with Gasteiger partial charge in [-0.15, -0.1) is 0 Å². The van der Waals surface area contributed by atoms with Gasteiger partial charge in [0.2, 0.25) is 0 Å². The van der Waals surface area contributed by atoms with E-state index in [4.69, 9.17) is 0 Å². The first-order chi connectivity index (χ1) is 4.75. The van der Waals surface area contributed by atoms with E-state index in [0.29, 0.717) is 5.69 Å². The molecule has 0 aliphatic carbocycles. The average Bonchev–Trinajstić information content (AvgIpc) is 2.34. The highest BCUT2D eigenvalue weighted by Gasteiger charge is 2.11. The molecule has 1 rings (SSSR count). The highest BCUT2D eigenvalue weighted by Crippen LogP contribution is 2.03. The van der Waals surface area contributed by atoms with E-state index in [-0.39, 0.29) is 5.56 Å². The fraction of sp³-hybridized carbons (Fsp3) is 0.200. The number of nitrogens with one attached hydrogen (secondary N) is 1. The Balaban J connectivity index is 2.93. The fourth-order valence-corrected chi connectivity index (χ4v) is 0.598. The van der Waals surface area contributed by atoms with Crippen LogP contribution in [0, 0.1) is 6.92 Å². The maximum absolute atomic E-state index is 11.2. The van der Waals surface area contributed by atoms with Crippen LogP contribution in [0.25, 0.3) is 0 Å². The summed E-state index contributed by atoms with van der Waals surface area (Å²) in [4.78, 5) is 13.4. The third kappa shape index (κ3) is 0.975. The number of H-pyrrole nitrogens is 1. The van der Waals surface area contributed by atoms with Gasteiger partial charge < -0.3 is 0 Å². The van der Waals surface area contributed by atoms with Crippen molar-refractivity contribution in [1.29, 1.82) is 0 Å². The fourth-order valence-electron chi connectivity index (χ4n) is 0.598. The zero-order valence-electron chi connectivity index (χ0n) is 5.22. The van der Waals surface area contributed by atoms with E-state index in [1.54, 1.807) is 6.92 Å². The number of aryl methyl sites for hydroxylation is 1. The van der Waals surface area contributed by atoms with Crippen LogP contribution in [0.1, 0.15) is 16.1 Å². The number of hydrogen-bond acceptors (Lipinski definition) is 3. The largest absolute Gasteiger partial charge is 0.382 e. The minimum atomic E-state index is -1.02. The lowest BCUT2D eigenvalue weighted by Gasteiger charge is -1.88. The smallest absolute Gasteiger partial charge is 0.282 e. The summed E-state index contributed by atoms with van der Waals surface area (Å²) in [6.45, 7) is 1.60. The normalized spacial score (nSPS) is 9.40. The van der Waals surface area contributed by atoms with E-state index >= 15 is 0 Å². The van der Waals surface area contributed by atoms with Gasteiger partial charge in [-0.05, 0) is 6.92 Å². The Morgan fingerprint density at radius 2 is 2.60 bits per heavy atom. The topological polar surface area (TPSA) is 55.0 Å². The minimum Gasteiger partial charge on any atom is -0.282 e. The molecule has 0 spiro atoms. The monoisotopic (exact) mass is 144 g/mol. The van der Waals surface area contributed by atoms with Crippen LogP contribution in [-0.2, 0) is 4.94 Å². The summed E-state index contributed by atoms with van der Waals surface area (Å²) in [7, 11) is 0. The molecule has 0 aromatic carbocycles. The predicted molar refractivity (Wildman–Crippen MR) is 29.8 cm³/mol. The van der Waals surface area contributed by atoms with Gasteiger partial charge in [-0.25, -0.2) is 9.74 Å². The number of rotatable bonds is 1. The lowest BCUT2D eigenvalue weighted by atomic mass is 10.3. The SMILES string of the molecule is Cc1[nH]ncc1C(=O)OF. The molecule has 10 heavy (non-hydrogen) atoms. The van der Waals surface area contributed by atoms with E-state index in [0.717, 1.165) is 0 Å². The molecular formula is C5H5FN2O2. The molecule has 0 fully saturated rings. The second-order valence-corrected chi connectivity index (χ2v) is 1.77. The van der Waals surface area contributed by atoms with Gasteiger partial charge in [0.05, 0.1) is 6.20 Å². The second kappa shape index (κ2) is 2.47. The summed E-state index contributed by atoms with van der Waals surface area (Å²) in [5.74, 6) is -1.02. The molecule has 0 atom stereocenters. The molecule has 0 unspecified atom stereocenters. The third-order valence-corrected chi connectivity index (χ3v) is 1.12. The van der Waals surface area contributed by atoms with Crippen LogP contribution in [0.15, 0.2) is 6.20 Å². The lowest BCUT2D eigenvalue weighted by molar-refractivity contribution is -0.0788. The number of aromatic nitrogens is 2. The predicted octanol–water partition coefficient (Wildman–Crippen LogP) is 0.759. The van der Waals surface area contributed by atoms with Crippen molar-refractivity contribution in [3.8, 4) is 0 Å². The zero-order valence-corrected chi connectivity index (χ0v) is 5.22. The third-order valence-electron chi connectivity index (χ3n) is 1.12. The molecule has 4 nitrogen and oxygen atoms in total. The second-order valence-electron chi connectivity index (χ2n) is 1.77. The van der Waals surface area contributed by atoms with Crippen molar-refractivity contribution in [2.45, 2.75) is 6.92 Å². The van der Waals surface area contributed by atoms with E-state index in [1.807, 2.05) is 0 Å². The Kier molecular flexibility index (Phi) is 1.66. The summed E-state index contributed by atoms with van der Waals surface area (Å²) in [6.07, 6.45) is 1.21. The first-order valence-electron chi connectivity index (χ1n) is 2.58. The van der Waals surface area contributed by atoms with Crippen LogP contribution in [0.2, 0.25) is 0 Å². The highest BCUT2D eigenvalue weighted by atomic mass is 19.3. The molecule has 54 valence electrons. The molecule has 1 aromatic rings. The number of carbonyl (C=O) groups excluding carboxylic acids is 1. The van der Waals surface area contributed by atoms with Crippen LogP contribution < -0.4 is 0 Å². The Morgan fingerprint density at radius 3 is 3.00 bits per heavy atom. The first-order valence-corrected chi connectivity index (χ1v) is 2.58. The summed E-state index contributed by atoms with van der Waals surface area (Å²) in [5.41, 5.74) is 0.602. The van der Waals surface area contributed by atoms with Gasteiger partial charge in [0, 0.05) is 10.2 Å². The van der Waals surface area contributed by atoms with Crippen LogP contribution in [0.4, 0.5) is 4.53 Å². The minimum absolute atomic E-state index is 0.113. The van der Waals surface area contributed by atoms with Gasteiger partial charge in [0.25, 0.3) is 0 Å². The molecule has 0 amide bonds. The molecule has 1 N–H and O–H groups in total. The molecule has 0 aliphatic rings. The first kappa shape index (κ1) is 6.73. The van der Waals surface area contributed by atoms with Crippen LogP contribution in [-0.4, -0.2) is 16.2 Å². The van der Waals surface area contributed by atoms with Gasteiger partial charge >= 0.3 is 5.97 Å². The molecule has 0 aliphatic heterocycles. The quantitative estimate of drug-likeness (QED) is 0.633. The zero-order chi connectivity index (χ0) is 7.56. The molecule has 0 bridgehead atoms. The Labute approximate surface area is 55.9 Å². The molecule has 0 saturated heterocycles. The van der Waals surface area contributed by atoms with Gasteiger partial charge in [0.1, 0.15) is 5.56 Å². The van der Waals surface area contributed by atoms with E-state index in [1.165, 1.54) is 6.20 Å². The van der Waals surface area contributed by atoms with Crippen molar-refractivity contribution in [1.82, 2.24) is 10.2 Å². The Hall–Kier alpha value is -1.39. The van der Waals surface area contributed by atoms with Crippen molar-refractivity contribution >= 4 is 5.97 Å². The van der Waals surface area contributed by atoms with Crippen molar-refractivity contribution in [3.05, 3.63) is 17.5 Å². The van der Waals surface area contributed by atoms with E-state index < -0.39 is 5.97 Å². The number of aromatic amines is 1. The van der Waals surface area contributed by atoms with Crippen LogP contribution in [0.5, 0.6) is 0 Å². The molecular weight excluding hydrogens is 139 g/mol. The molecule has 1 aromatic heterocycles. The van der Waals surface area contributed by atoms with Crippen molar-refractivity contribution < 1.29 is 14.3 Å². The van der Waals surface area contributed by atoms with Gasteiger partial charge in [-0.3, -0.25) is 5.10 Å². The van der Waals surface area contributed by atoms with Gasteiger partial charge in [-0.2, -0.15) is 5.10 Å². The number of hydrogen-bond donors (Lipinski definition) is 1. The maximum atomic E-state index is 11.2. The summed E-state index contributed by atoms with van der Waals surface area (Å²) in [5, 5.41) is 5.96. The van der Waals surface area contributed by atoms with Gasteiger partial charge in [0.15, 0.2) is 0 Å². The number of nitrogens with zero attached hydrogens (tertiary/aromatic N) is 1. The van der Waals surface area contributed by atoms with Crippen molar-refractivity contribution in [2.24, 2.45) is 0 Å². The van der Waals surface area contributed by atoms with Crippen LogP contribution >= 0.6 is 0 Å². The summed E-state index contributed by atoms with van der Waals surface area (Å²) in [6, 6.07) is 0. The standard InChI is InChI=1S/C5H5FN2O2/c1-3-4(2-7-8-3)5(9)10-6/h2H,1H3,(H,7,8). The van der Waals surface area contributed by atoms with Crippen molar-refractivity contribution in [2.75, 3.05) is 0 Å². The average molecular weight is 144 g/mol. The van der Waals surface area contributed by atoms with E-state index in [2.05, 4.69) is 15.1 Å². The number of halogens is 1. The molecule has 0 saturated carbocycles. The highest BCUT2D eigenvalue weighted by molar-refractivity contribution is 5.89.